The minimum atomic E-state index is -0.508. The van der Waals surface area contributed by atoms with Crippen LogP contribution >= 0.6 is 11.3 Å². The molecule has 0 atom stereocenters. The topological polar surface area (TPSA) is 63.0 Å². The highest BCUT2D eigenvalue weighted by atomic mass is 32.1. The normalized spacial score (nSPS) is 10.2. The molecule has 0 spiro atoms. The number of para-hydroxylation sites is 1. The maximum absolute atomic E-state index is 12.0. The Kier molecular flexibility index (Phi) is 3.63. The number of fused-ring (bicyclic) bond motifs is 1. The fourth-order valence-corrected chi connectivity index (χ4v) is 3.02. The van der Waals surface area contributed by atoms with Gasteiger partial charge >= 0.3 is 5.97 Å². The van der Waals surface area contributed by atoms with E-state index in [2.05, 4.69) is 4.98 Å². The van der Waals surface area contributed by atoms with Crippen LogP contribution in [0, 0.1) is 11.3 Å². The van der Waals surface area contributed by atoms with E-state index in [4.69, 9.17) is 10.00 Å². The van der Waals surface area contributed by atoms with Crippen LogP contribution in [0.5, 0.6) is 0 Å². The summed E-state index contributed by atoms with van der Waals surface area (Å²) in [4.78, 5) is 16.6. The first-order valence-corrected chi connectivity index (χ1v) is 7.10. The average molecular weight is 294 g/mol. The molecule has 0 aliphatic carbocycles. The van der Waals surface area contributed by atoms with E-state index in [1.807, 2.05) is 36.4 Å². The molecule has 1 aromatic heterocycles. The molecule has 3 rings (SSSR count). The standard InChI is InChI=1S/C16H10N2O2S/c17-9-10-20-16(19)12-6-2-1-5-11(12)15-18-13-7-3-4-8-14(13)21-15/h1-8H,10H2. The summed E-state index contributed by atoms with van der Waals surface area (Å²) in [5.74, 6) is -0.508. The van der Waals surface area contributed by atoms with Gasteiger partial charge in [-0.2, -0.15) is 5.26 Å². The Hall–Kier alpha value is -2.71. The number of nitrogens with zero attached hydrogens (tertiary/aromatic N) is 2. The van der Waals surface area contributed by atoms with Crippen LogP contribution in [0.1, 0.15) is 10.4 Å². The molecule has 0 radical (unpaired) electrons. The summed E-state index contributed by atoms with van der Waals surface area (Å²) in [7, 11) is 0. The molecule has 0 unspecified atom stereocenters. The van der Waals surface area contributed by atoms with Crippen molar-refractivity contribution in [3.8, 4) is 16.6 Å². The lowest BCUT2D eigenvalue weighted by atomic mass is 10.1. The molecule has 3 aromatic rings. The fourth-order valence-electron chi connectivity index (χ4n) is 2.01. The molecule has 0 saturated carbocycles. The van der Waals surface area contributed by atoms with Crippen molar-refractivity contribution in [1.82, 2.24) is 4.98 Å². The first kappa shape index (κ1) is 13.3. The van der Waals surface area contributed by atoms with Crippen LogP contribution in [0.15, 0.2) is 48.5 Å². The lowest BCUT2D eigenvalue weighted by Crippen LogP contribution is -2.06. The van der Waals surface area contributed by atoms with Crippen molar-refractivity contribution in [2.45, 2.75) is 0 Å². The molecule has 0 saturated heterocycles. The second-order valence-electron chi connectivity index (χ2n) is 4.27. The average Bonchev–Trinajstić information content (AvgIpc) is 2.96. The zero-order valence-corrected chi connectivity index (χ0v) is 11.8. The van der Waals surface area contributed by atoms with Crippen LogP contribution in [0.2, 0.25) is 0 Å². The zero-order valence-electron chi connectivity index (χ0n) is 10.9. The van der Waals surface area contributed by atoms with Gasteiger partial charge in [-0.1, -0.05) is 30.3 Å². The van der Waals surface area contributed by atoms with E-state index < -0.39 is 5.97 Å². The molecule has 21 heavy (non-hydrogen) atoms. The van der Waals surface area contributed by atoms with Gasteiger partial charge in [0, 0.05) is 5.56 Å². The summed E-state index contributed by atoms with van der Waals surface area (Å²) in [6.45, 7) is -0.257. The zero-order chi connectivity index (χ0) is 14.7. The molecule has 102 valence electrons. The molecule has 0 amide bonds. The van der Waals surface area contributed by atoms with E-state index >= 15 is 0 Å². The van der Waals surface area contributed by atoms with Crippen molar-refractivity contribution in [3.05, 3.63) is 54.1 Å². The van der Waals surface area contributed by atoms with E-state index in [0.29, 0.717) is 5.56 Å². The highest BCUT2D eigenvalue weighted by molar-refractivity contribution is 7.21. The highest BCUT2D eigenvalue weighted by Gasteiger charge is 2.16. The predicted octanol–water partition coefficient (Wildman–Crippen LogP) is 3.64. The van der Waals surface area contributed by atoms with E-state index in [0.717, 1.165) is 20.8 Å². The largest absolute Gasteiger partial charge is 0.447 e. The summed E-state index contributed by atoms with van der Waals surface area (Å²) >= 11 is 1.52. The Labute approximate surface area is 125 Å². The number of carbonyl (C=O) groups excluding carboxylic acids is 1. The van der Waals surface area contributed by atoms with Crippen molar-refractivity contribution < 1.29 is 9.53 Å². The first-order chi connectivity index (χ1) is 10.3. The van der Waals surface area contributed by atoms with Crippen LogP contribution in [0.4, 0.5) is 0 Å². The second-order valence-corrected chi connectivity index (χ2v) is 5.30. The summed E-state index contributed by atoms with van der Waals surface area (Å²) in [5.41, 5.74) is 2.05. The van der Waals surface area contributed by atoms with Gasteiger partial charge in [-0.3, -0.25) is 0 Å². The van der Waals surface area contributed by atoms with Crippen LogP contribution < -0.4 is 0 Å². The number of carbonyl (C=O) groups is 1. The van der Waals surface area contributed by atoms with Crippen molar-refractivity contribution in [2.24, 2.45) is 0 Å². The number of nitriles is 1. The number of esters is 1. The minimum Gasteiger partial charge on any atom is -0.447 e. The van der Waals surface area contributed by atoms with Gasteiger partial charge in [-0.05, 0) is 18.2 Å². The van der Waals surface area contributed by atoms with E-state index in [9.17, 15) is 4.79 Å². The van der Waals surface area contributed by atoms with Crippen molar-refractivity contribution >= 4 is 27.5 Å². The Morgan fingerprint density at radius 1 is 1.19 bits per heavy atom. The molecule has 1 heterocycles. The van der Waals surface area contributed by atoms with Crippen molar-refractivity contribution in [1.29, 1.82) is 5.26 Å². The van der Waals surface area contributed by atoms with Gasteiger partial charge in [-0.25, -0.2) is 9.78 Å². The number of hydrogen-bond acceptors (Lipinski definition) is 5. The molecule has 2 aromatic carbocycles. The van der Waals surface area contributed by atoms with Gasteiger partial charge in [0.2, 0.25) is 0 Å². The summed E-state index contributed by atoms with van der Waals surface area (Å²) in [6.07, 6.45) is 0. The third-order valence-electron chi connectivity index (χ3n) is 2.94. The molecule has 0 N–H and O–H groups in total. The summed E-state index contributed by atoms with van der Waals surface area (Å²) in [5, 5.41) is 9.27. The van der Waals surface area contributed by atoms with Crippen LogP contribution in [0.25, 0.3) is 20.8 Å². The molecule has 0 aliphatic rings. The maximum atomic E-state index is 12.0. The van der Waals surface area contributed by atoms with Gasteiger partial charge in [0.25, 0.3) is 0 Å². The molecule has 5 heteroatoms. The molecular weight excluding hydrogens is 284 g/mol. The third kappa shape index (κ3) is 2.62. The van der Waals surface area contributed by atoms with Crippen molar-refractivity contribution in [2.75, 3.05) is 6.61 Å². The number of ether oxygens (including phenoxy) is 1. The summed E-state index contributed by atoms with van der Waals surface area (Å²) < 4.78 is 5.95. The number of aromatic nitrogens is 1. The van der Waals surface area contributed by atoms with Gasteiger partial charge in [0.1, 0.15) is 11.1 Å². The monoisotopic (exact) mass is 294 g/mol. The van der Waals surface area contributed by atoms with Gasteiger partial charge in [0.15, 0.2) is 6.61 Å². The van der Waals surface area contributed by atoms with Gasteiger partial charge in [0.05, 0.1) is 15.8 Å². The highest BCUT2D eigenvalue weighted by Crippen LogP contribution is 2.32. The number of benzene rings is 2. The van der Waals surface area contributed by atoms with E-state index in [1.54, 1.807) is 18.2 Å². The Bertz CT molecular complexity index is 816. The van der Waals surface area contributed by atoms with E-state index in [-0.39, 0.29) is 6.61 Å². The van der Waals surface area contributed by atoms with Crippen LogP contribution in [0.3, 0.4) is 0 Å². The lowest BCUT2D eigenvalue weighted by molar-refractivity contribution is 0.0556. The maximum Gasteiger partial charge on any atom is 0.339 e. The predicted molar refractivity (Wildman–Crippen MR) is 81.0 cm³/mol. The first-order valence-electron chi connectivity index (χ1n) is 6.28. The Balaban J connectivity index is 2.06. The number of rotatable bonds is 3. The molecular formula is C16H10N2O2S. The van der Waals surface area contributed by atoms with Crippen molar-refractivity contribution in [3.63, 3.8) is 0 Å². The van der Waals surface area contributed by atoms with E-state index in [1.165, 1.54) is 11.3 Å². The minimum absolute atomic E-state index is 0.257. The summed E-state index contributed by atoms with van der Waals surface area (Å²) in [6, 6.07) is 16.7. The van der Waals surface area contributed by atoms with Gasteiger partial charge < -0.3 is 4.74 Å². The van der Waals surface area contributed by atoms with Gasteiger partial charge in [-0.15, -0.1) is 11.3 Å². The second kappa shape index (κ2) is 5.73. The van der Waals surface area contributed by atoms with Crippen LogP contribution in [-0.4, -0.2) is 17.6 Å². The lowest BCUT2D eigenvalue weighted by Gasteiger charge is -2.05. The van der Waals surface area contributed by atoms with Crippen LogP contribution in [-0.2, 0) is 4.74 Å². The Morgan fingerprint density at radius 3 is 2.76 bits per heavy atom. The quantitative estimate of drug-likeness (QED) is 0.692. The molecule has 0 bridgehead atoms. The number of thiazole rings is 1. The molecule has 0 fully saturated rings. The number of hydrogen-bond donors (Lipinski definition) is 0. The smallest absolute Gasteiger partial charge is 0.339 e. The molecule has 4 nitrogen and oxygen atoms in total. The fraction of sp³-hybridized carbons (Fsp3) is 0.0625. The molecule has 0 aliphatic heterocycles. The Morgan fingerprint density at radius 2 is 1.95 bits per heavy atom. The third-order valence-corrected chi connectivity index (χ3v) is 4.01. The SMILES string of the molecule is N#CCOC(=O)c1ccccc1-c1nc2ccccc2s1.